The molecule has 44 heavy (non-hydrogen) atoms. The van der Waals surface area contributed by atoms with Gasteiger partial charge >= 0.3 is 5.97 Å². The maximum absolute atomic E-state index is 15.4. The fourth-order valence-corrected chi connectivity index (χ4v) is 5.39. The highest BCUT2D eigenvalue weighted by molar-refractivity contribution is 6.01. The zero-order chi connectivity index (χ0) is 31.3. The van der Waals surface area contributed by atoms with Crippen molar-refractivity contribution in [2.24, 2.45) is 0 Å². The summed E-state index contributed by atoms with van der Waals surface area (Å²) in [7, 11) is 1.67. The van der Waals surface area contributed by atoms with Gasteiger partial charge in [0.25, 0.3) is 11.5 Å². The monoisotopic (exact) mass is 595 g/mol. The number of amides is 1. The number of ether oxygens (including phenoxy) is 1. The van der Waals surface area contributed by atoms with E-state index in [9.17, 15) is 19.5 Å². The highest BCUT2D eigenvalue weighted by Gasteiger charge is 2.29. The molecule has 0 aliphatic carbocycles. The summed E-state index contributed by atoms with van der Waals surface area (Å²) in [4.78, 5) is 44.1. The fourth-order valence-electron chi connectivity index (χ4n) is 5.39. The van der Waals surface area contributed by atoms with Gasteiger partial charge in [-0.1, -0.05) is 39.0 Å². The number of hydrogen-bond acceptors (Lipinski definition) is 7. The minimum absolute atomic E-state index is 0.0195. The standard InChI is InChI=1S/C33H30FN5O5/c1-33(2,3)21-10-20-15-36-39(31(41)29(20)25(34)13-21)27-7-5-6-23-19-11-22(16-44-17-24(23)27)38(4)30(40)26(12-19)37-28-9-8-18(14-35-28)32(42)43/h5-15,22H,16-17H2,1-4H3,(H,35,37)(H,42,43). The average Bonchev–Trinajstić information content (AvgIpc) is 3.09. The predicted molar refractivity (Wildman–Crippen MR) is 163 cm³/mol. The molecule has 2 aliphatic heterocycles. The van der Waals surface area contributed by atoms with Crippen molar-refractivity contribution in [2.75, 3.05) is 19.0 Å². The average molecular weight is 596 g/mol. The first kappa shape index (κ1) is 28.9. The van der Waals surface area contributed by atoms with Gasteiger partial charge in [-0.15, -0.1) is 0 Å². The lowest BCUT2D eigenvalue weighted by molar-refractivity contribution is -0.127. The molecule has 2 aliphatic rings. The summed E-state index contributed by atoms with van der Waals surface area (Å²) in [6.07, 6.45) is 6.32. The van der Waals surface area contributed by atoms with Crippen molar-refractivity contribution in [1.82, 2.24) is 19.7 Å². The van der Waals surface area contributed by atoms with Crippen molar-refractivity contribution >= 4 is 34.0 Å². The minimum atomic E-state index is -1.11. The van der Waals surface area contributed by atoms with Crippen molar-refractivity contribution < 1.29 is 23.8 Å². The number of likely N-dealkylation sites (N-methyl/N-ethyl adjacent to an activating group) is 1. The van der Waals surface area contributed by atoms with E-state index in [2.05, 4.69) is 15.4 Å². The van der Waals surface area contributed by atoms with Crippen LogP contribution < -0.4 is 10.9 Å². The van der Waals surface area contributed by atoms with Crippen molar-refractivity contribution in [2.45, 2.75) is 38.8 Å². The molecule has 0 spiro atoms. The third kappa shape index (κ3) is 5.15. The second-order valence-electron chi connectivity index (χ2n) is 11.9. The van der Waals surface area contributed by atoms with E-state index in [1.165, 1.54) is 35.3 Å². The SMILES string of the molecule is CN1C(=O)C(Nc2ccc(C(=O)O)cn2)=CC2=CC1COCc1c2cccc1-n1ncc2cc(C(C)(C)C)cc(F)c2c1=O. The number of carboxylic acid groups (broad SMARTS) is 1. The van der Waals surface area contributed by atoms with Crippen LogP contribution in [-0.4, -0.2) is 56.3 Å². The molecular weight excluding hydrogens is 565 g/mol. The molecule has 0 fully saturated rings. The molecule has 2 bridgehead atoms. The third-order valence-corrected chi connectivity index (χ3v) is 7.92. The summed E-state index contributed by atoms with van der Waals surface area (Å²) >= 11 is 0. The maximum Gasteiger partial charge on any atom is 0.337 e. The van der Waals surface area contributed by atoms with Crippen LogP contribution in [0.1, 0.15) is 47.8 Å². The van der Waals surface area contributed by atoms with Gasteiger partial charge in [-0.2, -0.15) is 9.78 Å². The number of allylic oxidation sites excluding steroid dienone is 2. The Balaban J connectivity index is 1.46. The van der Waals surface area contributed by atoms with Gasteiger partial charge in [-0.3, -0.25) is 9.59 Å². The number of carbonyl (C=O) groups excluding carboxylic acids is 1. The minimum Gasteiger partial charge on any atom is -0.478 e. The molecule has 1 atom stereocenters. The van der Waals surface area contributed by atoms with Gasteiger partial charge in [0.15, 0.2) is 0 Å². The van der Waals surface area contributed by atoms with E-state index in [0.29, 0.717) is 33.6 Å². The molecule has 6 rings (SSSR count). The Labute approximate surface area is 252 Å². The zero-order valence-electron chi connectivity index (χ0n) is 24.6. The Hall–Kier alpha value is -5.16. The summed E-state index contributed by atoms with van der Waals surface area (Å²) in [5.41, 5.74) is 2.59. The number of halogens is 1. The number of anilines is 1. The number of nitrogens with one attached hydrogen (secondary N) is 1. The Bertz CT molecular complexity index is 1960. The molecule has 2 aromatic heterocycles. The zero-order valence-corrected chi connectivity index (χ0v) is 24.6. The van der Waals surface area contributed by atoms with Crippen LogP contribution in [0.3, 0.4) is 0 Å². The molecule has 224 valence electrons. The third-order valence-electron chi connectivity index (χ3n) is 7.92. The first-order valence-corrected chi connectivity index (χ1v) is 14.0. The van der Waals surface area contributed by atoms with Gasteiger partial charge in [0, 0.05) is 24.2 Å². The number of hydrogen-bond donors (Lipinski definition) is 2. The largest absolute Gasteiger partial charge is 0.478 e. The first-order valence-electron chi connectivity index (χ1n) is 14.0. The van der Waals surface area contributed by atoms with E-state index in [0.717, 1.165) is 5.56 Å². The van der Waals surface area contributed by atoms with Crippen LogP contribution in [0, 0.1) is 5.82 Å². The lowest BCUT2D eigenvalue weighted by Gasteiger charge is -2.27. The number of carbonyl (C=O) groups is 2. The molecule has 0 saturated carbocycles. The van der Waals surface area contributed by atoms with Crippen LogP contribution in [0.25, 0.3) is 22.0 Å². The smallest absolute Gasteiger partial charge is 0.337 e. The molecule has 2 N–H and O–H groups in total. The molecule has 11 heteroatoms. The number of nitrogens with zero attached hydrogens (tertiary/aromatic N) is 4. The summed E-state index contributed by atoms with van der Waals surface area (Å²) in [5.74, 6) is -1.73. The van der Waals surface area contributed by atoms with Crippen molar-refractivity contribution in [1.29, 1.82) is 0 Å². The van der Waals surface area contributed by atoms with Crippen LogP contribution >= 0.6 is 0 Å². The van der Waals surface area contributed by atoms with E-state index in [4.69, 9.17) is 4.74 Å². The Morgan fingerprint density at radius 1 is 1.14 bits per heavy atom. The first-order chi connectivity index (χ1) is 20.9. The van der Waals surface area contributed by atoms with Crippen LogP contribution in [0.4, 0.5) is 10.2 Å². The highest BCUT2D eigenvalue weighted by Crippen LogP contribution is 2.33. The number of benzene rings is 2. The van der Waals surface area contributed by atoms with E-state index in [1.54, 1.807) is 36.2 Å². The number of fused-ring (bicyclic) bond motifs is 4. The molecule has 0 radical (unpaired) electrons. The molecule has 1 amide bonds. The lowest BCUT2D eigenvalue weighted by Crippen LogP contribution is -2.40. The Morgan fingerprint density at radius 2 is 1.93 bits per heavy atom. The molecular formula is C33H30FN5O5. The number of rotatable bonds is 4. The van der Waals surface area contributed by atoms with Gasteiger partial charge in [0.05, 0.1) is 42.1 Å². The van der Waals surface area contributed by atoms with E-state index in [-0.39, 0.29) is 47.2 Å². The van der Waals surface area contributed by atoms with Gasteiger partial charge in [0.1, 0.15) is 17.3 Å². The molecule has 1 unspecified atom stereocenters. The van der Waals surface area contributed by atoms with E-state index in [1.807, 2.05) is 32.9 Å². The van der Waals surface area contributed by atoms with Crippen LogP contribution in [-0.2, 0) is 21.6 Å². The number of aromatic nitrogens is 3. The summed E-state index contributed by atoms with van der Waals surface area (Å²) in [5, 5.41) is 17.0. The lowest BCUT2D eigenvalue weighted by atomic mass is 9.86. The predicted octanol–water partition coefficient (Wildman–Crippen LogP) is 4.67. The quantitative estimate of drug-likeness (QED) is 0.349. The van der Waals surface area contributed by atoms with Crippen LogP contribution in [0.15, 0.2) is 77.5 Å². The van der Waals surface area contributed by atoms with E-state index < -0.39 is 17.3 Å². The highest BCUT2D eigenvalue weighted by atomic mass is 19.1. The Morgan fingerprint density at radius 3 is 2.64 bits per heavy atom. The van der Waals surface area contributed by atoms with Gasteiger partial charge in [0.2, 0.25) is 0 Å². The number of pyridine rings is 1. The van der Waals surface area contributed by atoms with Crippen molar-refractivity contribution in [3.63, 3.8) is 0 Å². The van der Waals surface area contributed by atoms with Crippen LogP contribution in [0.2, 0.25) is 0 Å². The summed E-state index contributed by atoms with van der Waals surface area (Å²) < 4.78 is 22.6. The molecule has 2 aromatic carbocycles. The Kier molecular flexibility index (Phi) is 7.13. The topological polar surface area (TPSA) is 127 Å². The van der Waals surface area contributed by atoms with Gasteiger partial charge in [-0.05, 0) is 58.5 Å². The fraction of sp³-hybridized carbons (Fsp3) is 0.242. The second-order valence-corrected chi connectivity index (χ2v) is 11.9. The molecule has 4 heterocycles. The van der Waals surface area contributed by atoms with Crippen molar-refractivity contribution in [3.05, 3.63) is 111 Å². The maximum atomic E-state index is 15.4. The molecule has 4 aromatic rings. The second kappa shape index (κ2) is 10.8. The normalized spacial score (nSPS) is 16.8. The summed E-state index contributed by atoms with van der Waals surface area (Å²) in [6.45, 7) is 6.24. The van der Waals surface area contributed by atoms with Crippen LogP contribution in [0.5, 0.6) is 0 Å². The van der Waals surface area contributed by atoms with E-state index >= 15 is 4.39 Å². The summed E-state index contributed by atoms with van der Waals surface area (Å²) in [6, 6.07) is 11.1. The van der Waals surface area contributed by atoms with Gasteiger partial charge in [-0.25, -0.2) is 14.2 Å². The van der Waals surface area contributed by atoms with Gasteiger partial charge < -0.3 is 20.1 Å². The molecule has 10 nitrogen and oxygen atoms in total. The van der Waals surface area contributed by atoms with Crippen molar-refractivity contribution in [3.8, 4) is 5.69 Å². The molecule has 0 saturated heterocycles. The number of carboxylic acids is 1. The number of aromatic carboxylic acids is 1.